The van der Waals surface area contributed by atoms with Gasteiger partial charge in [-0.1, -0.05) is 219 Å². The first-order valence-corrected chi connectivity index (χ1v) is 29.4. The molecule has 12 unspecified atom stereocenters. The summed E-state index contributed by atoms with van der Waals surface area (Å²) in [6, 6.07) is -0.822. The third-order valence-electron chi connectivity index (χ3n) is 14.7. The van der Waals surface area contributed by atoms with Crippen LogP contribution in [-0.4, -0.2) is 140 Å². The van der Waals surface area contributed by atoms with E-state index in [1.807, 2.05) is 0 Å². The molecule has 71 heavy (non-hydrogen) atoms. The van der Waals surface area contributed by atoms with Crippen LogP contribution in [0.15, 0.2) is 12.2 Å². The van der Waals surface area contributed by atoms with Gasteiger partial charge in [-0.3, -0.25) is 4.79 Å². The number of aliphatic hydroxyl groups excluding tert-OH is 8. The summed E-state index contributed by atoms with van der Waals surface area (Å²) in [6.45, 7) is 2.83. The van der Waals surface area contributed by atoms with E-state index < -0.39 is 86.8 Å². The fourth-order valence-corrected chi connectivity index (χ4v) is 9.94. The van der Waals surface area contributed by atoms with Crippen LogP contribution in [0, 0.1) is 0 Å². The molecule has 1 amide bonds. The zero-order valence-corrected chi connectivity index (χ0v) is 45.0. The number of aliphatic hydroxyl groups is 8. The van der Waals surface area contributed by atoms with Crippen molar-refractivity contribution >= 4 is 5.91 Å². The molecule has 420 valence electrons. The van der Waals surface area contributed by atoms with Crippen LogP contribution in [0.2, 0.25) is 0 Å². The number of allylic oxidation sites excluding steroid dienone is 2. The molecule has 0 saturated carbocycles. The van der Waals surface area contributed by atoms with Gasteiger partial charge in [-0.15, -0.1) is 0 Å². The molecule has 2 fully saturated rings. The molecular weight excluding hydrogens is 907 g/mol. The van der Waals surface area contributed by atoms with Crippen molar-refractivity contribution in [1.29, 1.82) is 0 Å². The van der Waals surface area contributed by atoms with Crippen LogP contribution in [0.1, 0.15) is 251 Å². The van der Waals surface area contributed by atoms with Crippen molar-refractivity contribution in [2.45, 2.75) is 325 Å². The van der Waals surface area contributed by atoms with E-state index in [1.165, 1.54) is 173 Å². The Morgan fingerprint density at radius 2 is 0.887 bits per heavy atom. The van der Waals surface area contributed by atoms with E-state index in [4.69, 9.17) is 18.9 Å². The molecule has 12 atom stereocenters. The number of nitrogens with one attached hydrogen (secondary N) is 1. The Hall–Kier alpha value is -1.27. The van der Waals surface area contributed by atoms with Gasteiger partial charge in [0, 0.05) is 6.42 Å². The van der Waals surface area contributed by atoms with E-state index in [2.05, 4.69) is 31.3 Å². The summed E-state index contributed by atoms with van der Waals surface area (Å²) in [6.07, 6.45) is 32.6. The van der Waals surface area contributed by atoms with E-state index in [1.54, 1.807) is 0 Å². The van der Waals surface area contributed by atoms with Crippen molar-refractivity contribution in [3.8, 4) is 0 Å². The van der Waals surface area contributed by atoms with Gasteiger partial charge in [0.15, 0.2) is 12.6 Å². The second-order valence-corrected chi connectivity index (χ2v) is 21.1. The Morgan fingerprint density at radius 3 is 1.34 bits per heavy atom. The number of hydrogen-bond acceptors (Lipinski definition) is 13. The minimum absolute atomic E-state index is 0.206. The molecule has 9 N–H and O–H groups in total. The molecule has 0 aromatic carbocycles. The second-order valence-electron chi connectivity index (χ2n) is 21.1. The molecular formula is C57H109NO13. The van der Waals surface area contributed by atoms with Gasteiger partial charge in [0.1, 0.15) is 48.8 Å². The van der Waals surface area contributed by atoms with Gasteiger partial charge < -0.3 is 65.1 Å². The summed E-state index contributed by atoms with van der Waals surface area (Å²) >= 11 is 0. The van der Waals surface area contributed by atoms with Crippen molar-refractivity contribution in [1.82, 2.24) is 5.32 Å². The zero-order chi connectivity index (χ0) is 51.7. The normalized spacial score (nSPS) is 25.8. The summed E-state index contributed by atoms with van der Waals surface area (Å²) in [7, 11) is 0. The molecule has 14 heteroatoms. The largest absolute Gasteiger partial charge is 0.394 e. The van der Waals surface area contributed by atoms with E-state index in [-0.39, 0.29) is 12.5 Å². The van der Waals surface area contributed by atoms with E-state index in [0.29, 0.717) is 12.8 Å². The first kappa shape index (κ1) is 65.8. The first-order chi connectivity index (χ1) is 34.6. The molecule has 2 saturated heterocycles. The molecule has 0 aromatic rings. The summed E-state index contributed by atoms with van der Waals surface area (Å²) in [5.74, 6) is -0.206. The number of amides is 1. The lowest BCUT2D eigenvalue weighted by Crippen LogP contribution is -2.65. The fraction of sp³-hybridized carbons (Fsp3) is 0.947. The number of ether oxygens (including phenoxy) is 4. The highest BCUT2D eigenvalue weighted by molar-refractivity contribution is 5.76. The predicted octanol–water partition coefficient (Wildman–Crippen LogP) is 9.50. The second kappa shape index (κ2) is 43.9. The number of carbonyl (C=O) groups is 1. The molecule has 0 spiro atoms. The average Bonchev–Trinajstić information content (AvgIpc) is 3.37. The van der Waals surface area contributed by atoms with Crippen molar-refractivity contribution in [2.75, 3.05) is 19.8 Å². The number of rotatable bonds is 47. The van der Waals surface area contributed by atoms with Crippen LogP contribution in [0.3, 0.4) is 0 Å². The van der Waals surface area contributed by atoms with E-state index in [9.17, 15) is 45.6 Å². The maximum absolute atomic E-state index is 13.2. The minimum atomic E-state index is -1.78. The number of unbranched alkanes of at least 4 members (excludes halogenated alkanes) is 32. The number of hydrogen-bond donors (Lipinski definition) is 9. The lowest BCUT2D eigenvalue weighted by atomic mass is 9.97. The number of carbonyl (C=O) groups excluding carboxylic acids is 1. The molecule has 0 aliphatic carbocycles. The molecule has 0 bridgehead atoms. The highest BCUT2D eigenvalue weighted by Gasteiger charge is 2.51. The van der Waals surface area contributed by atoms with Crippen molar-refractivity contribution in [3.63, 3.8) is 0 Å². The molecule has 2 rings (SSSR count). The summed E-state index contributed by atoms with van der Waals surface area (Å²) in [5.41, 5.74) is 0. The van der Waals surface area contributed by atoms with Crippen molar-refractivity contribution in [2.24, 2.45) is 0 Å². The lowest BCUT2D eigenvalue weighted by Gasteiger charge is -2.46. The smallest absolute Gasteiger partial charge is 0.220 e. The molecule has 14 nitrogen and oxygen atoms in total. The Kier molecular flexibility index (Phi) is 40.7. The fourth-order valence-electron chi connectivity index (χ4n) is 9.94. The third-order valence-corrected chi connectivity index (χ3v) is 14.7. The maximum Gasteiger partial charge on any atom is 0.220 e. The van der Waals surface area contributed by atoms with Crippen LogP contribution in [0.4, 0.5) is 0 Å². The van der Waals surface area contributed by atoms with E-state index in [0.717, 1.165) is 51.4 Å². The Balaban J connectivity index is 1.61. The first-order valence-electron chi connectivity index (χ1n) is 29.4. The van der Waals surface area contributed by atoms with Gasteiger partial charge in [-0.25, -0.2) is 0 Å². The topological polar surface area (TPSA) is 228 Å². The summed E-state index contributed by atoms with van der Waals surface area (Å²) in [4.78, 5) is 13.2. The van der Waals surface area contributed by atoms with Gasteiger partial charge in [0.25, 0.3) is 0 Å². The molecule has 2 heterocycles. The zero-order valence-electron chi connectivity index (χ0n) is 45.0. The van der Waals surface area contributed by atoms with Gasteiger partial charge in [-0.2, -0.15) is 0 Å². The van der Waals surface area contributed by atoms with Crippen molar-refractivity contribution in [3.05, 3.63) is 12.2 Å². The van der Waals surface area contributed by atoms with Crippen LogP contribution in [-0.2, 0) is 23.7 Å². The minimum Gasteiger partial charge on any atom is -0.394 e. The highest BCUT2D eigenvalue weighted by Crippen LogP contribution is 2.30. The summed E-state index contributed by atoms with van der Waals surface area (Å²) in [5, 5.41) is 86.8. The average molecular weight is 1020 g/mol. The van der Waals surface area contributed by atoms with Crippen LogP contribution in [0.25, 0.3) is 0 Å². The van der Waals surface area contributed by atoms with Gasteiger partial charge >= 0.3 is 0 Å². The standard InChI is InChI=1S/C57H109NO13/c1-3-5-7-9-11-13-14-15-16-17-18-19-20-21-22-23-24-25-26-27-28-29-30-31-32-33-35-37-39-41-49(62)58-45(46(61)40-38-36-34-12-10-8-6-4-2)44-68-56-54(67)52(65)55(48(43-60)70-56)71-57-53(66)51(64)50(63)47(42-59)69-57/h17-18,45-48,50-57,59-61,63-67H,3-16,19-44H2,1-2H3,(H,58,62)/b18-17-. The maximum atomic E-state index is 13.2. The summed E-state index contributed by atoms with van der Waals surface area (Å²) < 4.78 is 22.7. The Morgan fingerprint density at radius 1 is 0.493 bits per heavy atom. The molecule has 2 aliphatic rings. The van der Waals surface area contributed by atoms with Crippen LogP contribution >= 0.6 is 0 Å². The predicted molar refractivity (Wildman–Crippen MR) is 282 cm³/mol. The highest BCUT2D eigenvalue weighted by atomic mass is 16.7. The van der Waals surface area contributed by atoms with E-state index >= 15 is 0 Å². The van der Waals surface area contributed by atoms with Gasteiger partial charge in [0.2, 0.25) is 5.91 Å². The van der Waals surface area contributed by atoms with Gasteiger partial charge in [0.05, 0.1) is 32.0 Å². The molecule has 0 aromatic heterocycles. The van der Waals surface area contributed by atoms with Crippen LogP contribution in [0.5, 0.6) is 0 Å². The quantitative estimate of drug-likeness (QED) is 0.0205. The monoisotopic (exact) mass is 1020 g/mol. The van der Waals surface area contributed by atoms with Gasteiger partial charge in [-0.05, 0) is 38.5 Å². The SMILES string of the molecule is CCCCCCCCCC/C=C\CCCCCCCCCCCCCCCCCCCC(=O)NC(COC1OC(CO)C(OC2OC(CO)C(O)C(O)C2O)C(O)C1O)C(O)CCCCCCCCCC. The Bertz CT molecular complexity index is 1240. The van der Waals surface area contributed by atoms with Crippen molar-refractivity contribution < 1.29 is 64.6 Å². The molecule has 0 radical (unpaired) electrons. The third kappa shape index (κ3) is 30.2. The lowest BCUT2D eigenvalue weighted by molar-refractivity contribution is -0.359. The Labute approximate surface area is 431 Å². The van der Waals surface area contributed by atoms with Crippen LogP contribution < -0.4 is 5.32 Å². The molecule has 2 aliphatic heterocycles.